The van der Waals surface area contributed by atoms with E-state index in [0.29, 0.717) is 23.9 Å². The number of unbranched alkanes of at least 4 members (excludes halogenated alkanes) is 1. The van der Waals surface area contributed by atoms with Gasteiger partial charge < -0.3 is 9.47 Å². The molecule has 4 aliphatic carbocycles. The second-order valence-corrected chi connectivity index (χ2v) is 17.7. The Morgan fingerprint density at radius 3 is 2.39 bits per heavy atom. The van der Waals surface area contributed by atoms with Crippen LogP contribution in [-0.2, 0) is 9.53 Å². The molecular formula is C46H62O3. The van der Waals surface area contributed by atoms with Crippen LogP contribution in [0.3, 0.4) is 0 Å². The zero-order chi connectivity index (χ0) is 34.2. The van der Waals surface area contributed by atoms with Crippen LogP contribution in [-0.4, -0.2) is 18.7 Å². The van der Waals surface area contributed by atoms with Gasteiger partial charge in [-0.3, -0.25) is 4.79 Å². The lowest BCUT2D eigenvalue weighted by molar-refractivity contribution is -0.151. The number of benzene rings is 3. The second-order valence-electron chi connectivity index (χ2n) is 17.7. The Morgan fingerprint density at radius 1 is 0.816 bits per heavy atom. The van der Waals surface area contributed by atoms with E-state index in [4.69, 9.17) is 9.47 Å². The van der Waals surface area contributed by atoms with Crippen molar-refractivity contribution >= 4 is 27.5 Å². The third-order valence-electron chi connectivity index (χ3n) is 14.3. The van der Waals surface area contributed by atoms with Crippen molar-refractivity contribution in [2.24, 2.45) is 46.3 Å². The lowest BCUT2D eigenvalue weighted by Crippen LogP contribution is -2.51. The number of fused-ring (bicyclic) bond motifs is 7. The Hall–Kier alpha value is -2.81. The molecule has 7 rings (SSSR count). The van der Waals surface area contributed by atoms with E-state index in [1.807, 2.05) is 0 Å². The van der Waals surface area contributed by atoms with Gasteiger partial charge in [0.25, 0.3) is 0 Å². The summed E-state index contributed by atoms with van der Waals surface area (Å²) in [4.78, 5) is 12.9. The van der Waals surface area contributed by atoms with Gasteiger partial charge in [-0.25, -0.2) is 0 Å². The highest BCUT2D eigenvalue weighted by Crippen LogP contribution is 2.67. The quantitative estimate of drug-likeness (QED) is 0.0838. The van der Waals surface area contributed by atoms with Crippen LogP contribution in [0.2, 0.25) is 0 Å². The highest BCUT2D eigenvalue weighted by molar-refractivity contribution is 5.98. The minimum atomic E-state index is -0.0339. The smallest absolute Gasteiger partial charge is 0.306 e. The summed E-state index contributed by atoms with van der Waals surface area (Å²) in [5.74, 6) is 5.99. The summed E-state index contributed by atoms with van der Waals surface area (Å²) >= 11 is 0. The molecule has 0 aromatic heterocycles. The van der Waals surface area contributed by atoms with E-state index >= 15 is 0 Å². The number of hydrogen-bond donors (Lipinski definition) is 0. The van der Waals surface area contributed by atoms with Crippen LogP contribution in [0, 0.1) is 46.3 Å². The first-order valence-corrected chi connectivity index (χ1v) is 20.1. The van der Waals surface area contributed by atoms with E-state index in [9.17, 15) is 4.79 Å². The summed E-state index contributed by atoms with van der Waals surface area (Å²) in [7, 11) is 0. The SMILES string of the molecule is CC(C)CCC[C@@H](C)[C@H]1CCC2C3CC=C4CC(OC(=O)CCCCOc5ccc6cc7ccccc7cc6c5)CC[C@]4(C)C3CC[C@@]21C. The predicted octanol–water partition coefficient (Wildman–Crippen LogP) is 12.5. The maximum atomic E-state index is 12.9. The molecule has 4 unspecified atom stereocenters. The minimum absolute atomic E-state index is 0.0339. The normalized spacial score (nSPS) is 31.6. The van der Waals surface area contributed by atoms with Gasteiger partial charge in [-0.2, -0.15) is 0 Å². The van der Waals surface area contributed by atoms with Gasteiger partial charge >= 0.3 is 5.97 Å². The van der Waals surface area contributed by atoms with Gasteiger partial charge in [-0.05, 0) is 150 Å². The fourth-order valence-electron chi connectivity index (χ4n) is 11.6. The van der Waals surface area contributed by atoms with Gasteiger partial charge in [0, 0.05) is 12.8 Å². The van der Waals surface area contributed by atoms with Gasteiger partial charge in [0.1, 0.15) is 11.9 Å². The molecule has 4 aliphatic rings. The average molecular weight is 663 g/mol. The maximum absolute atomic E-state index is 12.9. The monoisotopic (exact) mass is 662 g/mol. The average Bonchev–Trinajstić information content (AvgIpc) is 3.44. The molecule has 3 heteroatoms. The Morgan fingerprint density at radius 2 is 1.59 bits per heavy atom. The van der Waals surface area contributed by atoms with Crippen LogP contribution < -0.4 is 4.74 Å². The maximum Gasteiger partial charge on any atom is 0.306 e. The Bertz CT molecular complexity index is 1650. The molecule has 3 aromatic rings. The van der Waals surface area contributed by atoms with Crippen LogP contribution in [0.1, 0.15) is 125 Å². The lowest BCUT2D eigenvalue weighted by Gasteiger charge is -2.58. The summed E-state index contributed by atoms with van der Waals surface area (Å²) in [5.41, 5.74) is 2.43. The van der Waals surface area contributed by atoms with Crippen LogP contribution in [0.25, 0.3) is 21.5 Å². The van der Waals surface area contributed by atoms with Gasteiger partial charge in [0.15, 0.2) is 0 Å². The highest BCUT2D eigenvalue weighted by atomic mass is 16.5. The molecule has 49 heavy (non-hydrogen) atoms. The zero-order valence-corrected chi connectivity index (χ0v) is 31.1. The van der Waals surface area contributed by atoms with Crippen molar-refractivity contribution in [2.45, 2.75) is 131 Å². The molecule has 3 fully saturated rings. The molecule has 0 spiro atoms. The first-order valence-electron chi connectivity index (χ1n) is 20.1. The molecule has 3 nitrogen and oxygen atoms in total. The van der Waals surface area contributed by atoms with Crippen molar-refractivity contribution in [3.63, 3.8) is 0 Å². The number of carbonyl (C=O) groups is 1. The molecule has 0 saturated heterocycles. The van der Waals surface area contributed by atoms with Crippen molar-refractivity contribution in [1.82, 2.24) is 0 Å². The summed E-state index contributed by atoms with van der Waals surface area (Å²) in [6.45, 7) is 13.2. The number of allylic oxidation sites excluding steroid dienone is 1. The van der Waals surface area contributed by atoms with Gasteiger partial charge in [0.2, 0.25) is 0 Å². The van der Waals surface area contributed by atoms with Crippen LogP contribution in [0.5, 0.6) is 5.75 Å². The fraction of sp³-hybridized carbons (Fsp3) is 0.630. The van der Waals surface area contributed by atoms with Crippen molar-refractivity contribution in [3.8, 4) is 5.75 Å². The number of ether oxygens (including phenoxy) is 2. The third kappa shape index (κ3) is 7.07. The first kappa shape index (κ1) is 34.6. The Kier molecular flexibility index (Phi) is 10.2. The minimum Gasteiger partial charge on any atom is -0.494 e. The van der Waals surface area contributed by atoms with E-state index in [2.05, 4.69) is 95.3 Å². The van der Waals surface area contributed by atoms with Crippen LogP contribution in [0.4, 0.5) is 0 Å². The summed E-state index contributed by atoms with van der Waals surface area (Å²) < 4.78 is 12.2. The number of carbonyl (C=O) groups excluding carboxylic acids is 1. The fourth-order valence-corrected chi connectivity index (χ4v) is 11.6. The number of hydrogen-bond acceptors (Lipinski definition) is 3. The van der Waals surface area contributed by atoms with Crippen molar-refractivity contribution in [2.75, 3.05) is 6.61 Å². The molecule has 0 N–H and O–H groups in total. The largest absolute Gasteiger partial charge is 0.494 e. The highest BCUT2D eigenvalue weighted by Gasteiger charge is 2.59. The second kappa shape index (κ2) is 14.4. The van der Waals surface area contributed by atoms with Crippen molar-refractivity contribution in [1.29, 1.82) is 0 Å². The van der Waals surface area contributed by atoms with Crippen molar-refractivity contribution in [3.05, 3.63) is 66.2 Å². The zero-order valence-electron chi connectivity index (χ0n) is 31.1. The molecule has 0 amide bonds. The Balaban J connectivity index is 0.870. The van der Waals surface area contributed by atoms with E-state index in [-0.39, 0.29) is 12.1 Å². The van der Waals surface area contributed by atoms with E-state index < -0.39 is 0 Å². The first-order chi connectivity index (χ1) is 23.6. The number of rotatable bonds is 12. The number of esters is 1. The molecule has 0 heterocycles. The van der Waals surface area contributed by atoms with Crippen molar-refractivity contribution < 1.29 is 14.3 Å². The van der Waals surface area contributed by atoms with E-state index in [1.165, 1.54) is 79.3 Å². The Labute approximate surface area is 296 Å². The molecular weight excluding hydrogens is 601 g/mol. The van der Waals surface area contributed by atoms with E-state index in [0.717, 1.165) is 66.9 Å². The molecule has 264 valence electrons. The van der Waals surface area contributed by atoms with E-state index in [1.54, 1.807) is 5.57 Å². The summed E-state index contributed by atoms with van der Waals surface area (Å²) in [5, 5.41) is 4.92. The molecule has 0 radical (unpaired) electrons. The van der Waals surface area contributed by atoms with Crippen LogP contribution in [0.15, 0.2) is 66.2 Å². The van der Waals surface area contributed by atoms with Gasteiger partial charge in [-0.1, -0.05) is 95.9 Å². The summed E-state index contributed by atoms with van der Waals surface area (Å²) in [6.07, 6.45) is 19.1. The topological polar surface area (TPSA) is 35.5 Å². The standard InChI is InChI=1S/C46H62O3/c1-31(2)11-10-12-32(3)41-20-21-42-40-19-17-37-30-39(22-24-45(37,4)43(40)23-25-46(41,42)5)49-44(47)15-8-9-26-48-38-18-16-35-27-33-13-6-7-14-34(33)28-36(35)29-38/h6-7,13-14,16-18,27-29,31-32,39-43H,8-12,15,19-26,30H2,1-5H3/t32-,39?,40?,41-,42?,43?,45+,46-/m1/s1. The lowest BCUT2D eigenvalue weighted by atomic mass is 9.47. The summed E-state index contributed by atoms with van der Waals surface area (Å²) in [6, 6.07) is 19.3. The third-order valence-corrected chi connectivity index (χ3v) is 14.3. The van der Waals surface area contributed by atoms with Gasteiger partial charge in [0.05, 0.1) is 6.61 Å². The molecule has 8 atom stereocenters. The van der Waals surface area contributed by atoms with Crippen LogP contribution >= 0.6 is 0 Å². The molecule has 0 bridgehead atoms. The molecule has 0 aliphatic heterocycles. The molecule has 3 saturated carbocycles. The van der Waals surface area contributed by atoms with Gasteiger partial charge in [-0.15, -0.1) is 0 Å². The predicted molar refractivity (Wildman–Crippen MR) is 204 cm³/mol. The molecule has 3 aromatic carbocycles.